The van der Waals surface area contributed by atoms with Gasteiger partial charge in [-0.1, -0.05) is 0 Å². The molecule has 0 aromatic heterocycles. The molecule has 1 saturated heterocycles. The topological polar surface area (TPSA) is 34.1 Å². The second-order valence-corrected chi connectivity index (χ2v) is 4.94. The van der Waals surface area contributed by atoms with Crippen molar-refractivity contribution in [1.29, 1.82) is 0 Å². The maximum Gasteiger partial charge on any atom is 0.352 e. The highest BCUT2D eigenvalue weighted by molar-refractivity contribution is 7.93. The highest BCUT2D eigenvalue weighted by Gasteiger charge is 2.69. The van der Waals surface area contributed by atoms with E-state index in [0.29, 0.717) is 0 Å². The Bertz CT molecular complexity index is 313. The van der Waals surface area contributed by atoms with Gasteiger partial charge in [-0.25, -0.2) is 21.6 Å². The average Bonchev–Trinajstić information content (AvgIpc) is 2.11. The van der Waals surface area contributed by atoms with E-state index in [2.05, 4.69) is 0 Å². The minimum atomic E-state index is -5.54. The smallest absolute Gasteiger partial charge is 0.247 e. The van der Waals surface area contributed by atoms with E-state index in [9.17, 15) is 30.4 Å². The van der Waals surface area contributed by atoms with Crippen molar-refractivity contribution in [3.8, 4) is 0 Å². The lowest BCUT2D eigenvalue weighted by atomic mass is 10.1. The first-order valence-corrected chi connectivity index (χ1v) is 4.72. The Balaban J connectivity index is 3.21. The molecule has 2 atom stereocenters. The molecule has 1 heterocycles. The summed E-state index contributed by atoms with van der Waals surface area (Å²) in [5.41, 5.74) is -7.09. The van der Waals surface area contributed by atoms with E-state index in [1.807, 2.05) is 0 Å². The summed E-state index contributed by atoms with van der Waals surface area (Å²) < 4.78 is 82.9. The first kappa shape index (κ1) is 10.7. The molecule has 0 aromatic rings. The second-order valence-electron chi connectivity index (χ2n) is 2.84. The number of hydrogen-bond donors (Lipinski definition) is 0. The minimum absolute atomic E-state index is 1.96. The van der Waals surface area contributed by atoms with E-state index in [1.54, 1.807) is 0 Å². The van der Waals surface area contributed by atoms with Crippen LogP contribution in [-0.4, -0.2) is 31.5 Å². The van der Waals surface area contributed by atoms with Gasteiger partial charge >= 0.3 is 5.25 Å². The van der Waals surface area contributed by atoms with Crippen molar-refractivity contribution in [3.63, 3.8) is 0 Å². The molecule has 2 nitrogen and oxygen atoms in total. The molecule has 78 valence electrons. The van der Waals surface area contributed by atoms with Gasteiger partial charge < -0.3 is 0 Å². The Kier molecular flexibility index (Phi) is 2.10. The summed E-state index contributed by atoms with van der Waals surface area (Å²) in [5.74, 6) is 0. The largest absolute Gasteiger partial charge is 0.352 e. The zero-order valence-electron chi connectivity index (χ0n) is 6.11. The maximum absolute atomic E-state index is 12.8. The first-order valence-electron chi connectivity index (χ1n) is 3.17. The van der Waals surface area contributed by atoms with Crippen LogP contribution >= 0.6 is 0 Å². The highest BCUT2D eigenvalue weighted by Crippen LogP contribution is 2.48. The number of rotatable bonds is 1. The normalized spacial score (nSPS) is 42.1. The van der Waals surface area contributed by atoms with Gasteiger partial charge in [-0.2, -0.15) is 8.78 Å². The predicted molar refractivity (Wildman–Crippen MR) is 33.2 cm³/mol. The van der Waals surface area contributed by atoms with Crippen LogP contribution in [0.1, 0.15) is 6.42 Å². The van der Waals surface area contributed by atoms with Gasteiger partial charge in [0.1, 0.15) is 6.67 Å². The zero-order valence-corrected chi connectivity index (χ0v) is 6.92. The van der Waals surface area contributed by atoms with E-state index >= 15 is 0 Å². The third kappa shape index (κ3) is 1.22. The summed E-state index contributed by atoms with van der Waals surface area (Å²) >= 11 is 0. The van der Waals surface area contributed by atoms with Crippen LogP contribution in [0.25, 0.3) is 0 Å². The molecule has 1 aliphatic heterocycles. The van der Waals surface area contributed by atoms with Gasteiger partial charge in [-0.05, 0) is 0 Å². The molecule has 0 bridgehead atoms. The molecule has 0 spiro atoms. The molecule has 0 amide bonds. The van der Waals surface area contributed by atoms with Crippen LogP contribution in [0.15, 0.2) is 0 Å². The van der Waals surface area contributed by atoms with Gasteiger partial charge in [0.15, 0.2) is 5.67 Å². The SMILES string of the molecule is O=S1(=O)C(F)C(F)(CF)CC1(F)F. The molecule has 8 heteroatoms. The molecular weight excluding hydrogens is 219 g/mol. The van der Waals surface area contributed by atoms with Gasteiger partial charge in [-0.3, -0.25) is 0 Å². The molecule has 2 unspecified atom stereocenters. The lowest BCUT2D eigenvalue weighted by Gasteiger charge is -2.13. The van der Waals surface area contributed by atoms with Crippen molar-refractivity contribution in [2.75, 3.05) is 6.67 Å². The Labute approximate surface area is 70.6 Å². The van der Waals surface area contributed by atoms with Crippen LogP contribution in [0, 0.1) is 0 Å². The van der Waals surface area contributed by atoms with Gasteiger partial charge in [0.2, 0.25) is 5.50 Å². The van der Waals surface area contributed by atoms with Crippen LogP contribution in [0.3, 0.4) is 0 Å². The Morgan fingerprint density at radius 1 is 1.31 bits per heavy atom. The Morgan fingerprint density at radius 2 is 1.77 bits per heavy atom. The molecule has 13 heavy (non-hydrogen) atoms. The van der Waals surface area contributed by atoms with E-state index in [4.69, 9.17) is 0 Å². The predicted octanol–water partition coefficient (Wildman–Crippen LogP) is 1.37. The number of hydrogen-bond acceptors (Lipinski definition) is 2. The number of alkyl halides is 5. The molecular formula is C5H5F5O2S. The molecule has 0 saturated carbocycles. The van der Waals surface area contributed by atoms with Gasteiger partial charge in [0, 0.05) is 0 Å². The summed E-state index contributed by atoms with van der Waals surface area (Å²) in [6.07, 6.45) is -1.96. The van der Waals surface area contributed by atoms with Crippen molar-refractivity contribution < 1.29 is 30.4 Å². The minimum Gasteiger partial charge on any atom is -0.247 e. The van der Waals surface area contributed by atoms with Crippen molar-refractivity contribution in [2.24, 2.45) is 0 Å². The fourth-order valence-corrected chi connectivity index (χ4v) is 2.51. The lowest BCUT2D eigenvalue weighted by molar-refractivity contribution is 0.00606. The van der Waals surface area contributed by atoms with Crippen LogP contribution in [0.5, 0.6) is 0 Å². The molecule has 1 aliphatic rings. The fraction of sp³-hybridized carbons (Fsp3) is 1.00. The van der Waals surface area contributed by atoms with Crippen molar-refractivity contribution >= 4 is 9.84 Å². The zero-order chi connectivity index (χ0) is 10.5. The van der Waals surface area contributed by atoms with E-state index in [-0.39, 0.29) is 0 Å². The van der Waals surface area contributed by atoms with Crippen molar-refractivity contribution in [3.05, 3.63) is 0 Å². The van der Waals surface area contributed by atoms with Crippen LogP contribution in [0.2, 0.25) is 0 Å². The van der Waals surface area contributed by atoms with Gasteiger partial charge in [0.25, 0.3) is 9.84 Å². The lowest BCUT2D eigenvalue weighted by Crippen LogP contribution is -2.34. The Hall–Kier alpha value is -0.400. The fourth-order valence-electron chi connectivity index (χ4n) is 1.06. The van der Waals surface area contributed by atoms with Crippen LogP contribution in [-0.2, 0) is 9.84 Å². The third-order valence-electron chi connectivity index (χ3n) is 1.82. The van der Waals surface area contributed by atoms with Crippen molar-refractivity contribution in [1.82, 2.24) is 0 Å². The molecule has 1 rings (SSSR count). The molecule has 0 aliphatic carbocycles. The van der Waals surface area contributed by atoms with Gasteiger partial charge in [0.05, 0.1) is 6.42 Å². The number of halogens is 5. The second kappa shape index (κ2) is 2.55. The summed E-state index contributed by atoms with van der Waals surface area (Å²) in [4.78, 5) is 0. The molecule has 1 fully saturated rings. The summed E-state index contributed by atoms with van der Waals surface area (Å²) in [7, 11) is -5.54. The molecule has 0 N–H and O–H groups in total. The van der Waals surface area contributed by atoms with Crippen LogP contribution < -0.4 is 0 Å². The van der Waals surface area contributed by atoms with E-state index in [0.717, 1.165) is 0 Å². The monoisotopic (exact) mass is 224 g/mol. The summed E-state index contributed by atoms with van der Waals surface area (Å²) in [6.45, 7) is -2.08. The average molecular weight is 224 g/mol. The quantitative estimate of drug-likeness (QED) is 0.630. The third-order valence-corrected chi connectivity index (χ3v) is 3.76. The first-order chi connectivity index (χ1) is 5.67. The standard InChI is InChI=1S/C5H5F5O2S/c6-2-4(8)1-5(9,10)13(11,12)3(4)7/h3H,1-2H2. The number of sulfone groups is 1. The van der Waals surface area contributed by atoms with E-state index in [1.165, 1.54) is 0 Å². The highest BCUT2D eigenvalue weighted by atomic mass is 32.2. The molecule has 0 aromatic carbocycles. The van der Waals surface area contributed by atoms with Crippen LogP contribution in [0.4, 0.5) is 22.0 Å². The van der Waals surface area contributed by atoms with Gasteiger partial charge in [-0.15, -0.1) is 0 Å². The molecule has 0 radical (unpaired) electrons. The maximum atomic E-state index is 12.8. The van der Waals surface area contributed by atoms with E-state index < -0.39 is 39.4 Å². The Morgan fingerprint density at radius 3 is 1.92 bits per heavy atom. The van der Waals surface area contributed by atoms with Crippen molar-refractivity contribution in [2.45, 2.75) is 22.8 Å². The summed E-state index contributed by atoms with van der Waals surface area (Å²) in [5, 5.41) is -4.52. The summed E-state index contributed by atoms with van der Waals surface area (Å²) in [6, 6.07) is 0.